The molecule has 0 heterocycles. The van der Waals surface area contributed by atoms with Gasteiger partial charge in [-0.25, -0.2) is 12.7 Å². The van der Waals surface area contributed by atoms with Crippen molar-refractivity contribution in [2.75, 3.05) is 23.8 Å². The number of rotatable bonds is 8. The average Bonchev–Trinajstić information content (AvgIpc) is 3.00. The number of halogens is 2. The predicted octanol–water partition coefficient (Wildman–Crippen LogP) is 10.1. The molecule has 240 valence electrons. The second-order valence-corrected chi connectivity index (χ2v) is 14.8. The molecule has 10 heteroatoms. The summed E-state index contributed by atoms with van der Waals surface area (Å²) in [5.41, 5.74) is 4.27. The van der Waals surface area contributed by atoms with Gasteiger partial charge in [0.15, 0.2) is 17.2 Å². The number of phenolic OH excluding ortho intramolecular Hbond substituents is 1. The van der Waals surface area contributed by atoms with E-state index >= 15 is 0 Å². The number of hydrogen-bond acceptors (Lipinski definition) is 6. The summed E-state index contributed by atoms with van der Waals surface area (Å²) in [6.45, 7) is 9.96. The first-order chi connectivity index (χ1) is 21.6. The van der Waals surface area contributed by atoms with Crippen molar-refractivity contribution in [3.05, 3.63) is 106 Å². The Morgan fingerprint density at radius 3 is 1.76 bits per heavy atom. The lowest BCUT2D eigenvalue weighted by atomic mass is 9.83. The fourth-order valence-corrected chi connectivity index (χ4v) is 7.28. The molecule has 0 saturated heterocycles. The lowest BCUT2D eigenvalue weighted by Gasteiger charge is -2.34. The van der Waals surface area contributed by atoms with Gasteiger partial charge in [0, 0.05) is 22.1 Å². The number of phenols is 1. The molecule has 5 aromatic rings. The summed E-state index contributed by atoms with van der Waals surface area (Å²) in [6.07, 6.45) is 0. The van der Waals surface area contributed by atoms with Gasteiger partial charge in [0.25, 0.3) is 10.0 Å². The van der Waals surface area contributed by atoms with Crippen molar-refractivity contribution in [1.29, 1.82) is 0 Å². The van der Waals surface area contributed by atoms with Crippen LogP contribution in [0.15, 0.2) is 83.8 Å². The van der Waals surface area contributed by atoms with Crippen molar-refractivity contribution in [3.8, 4) is 17.2 Å². The molecule has 7 nitrogen and oxygen atoms in total. The SMILES string of the molecule is COc1cc2c(Nc3ccc(C)cc3)cc(C(C)(C)C)c(N(c3cc(Cl)c(O)c(Cl)c3)S(=O)(=O)c3ccc(C)cc3)c2cc1OC. The number of fused-ring (bicyclic) bond motifs is 1. The third-order valence-electron chi connectivity index (χ3n) is 7.75. The van der Waals surface area contributed by atoms with E-state index in [0.29, 0.717) is 33.5 Å². The number of sulfonamides is 1. The molecule has 46 heavy (non-hydrogen) atoms. The molecule has 0 aromatic heterocycles. The fraction of sp³-hybridized carbons (Fsp3) is 0.222. The van der Waals surface area contributed by atoms with Gasteiger partial charge in [-0.3, -0.25) is 0 Å². The van der Waals surface area contributed by atoms with Gasteiger partial charge in [-0.05, 0) is 79.4 Å². The zero-order chi connectivity index (χ0) is 33.6. The van der Waals surface area contributed by atoms with E-state index in [1.807, 2.05) is 71.0 Å². The molecule has 0 atom stereocenters. The van der Waals surface area contributed by atoms with Gasteiger partial charge in [-0.1, -0.05) is 79.4 Å². The van der Waals surface area contributed by atoms with Crippen LogP contribution in [0.1, 0.15) is 37.5 Å². The zero-order valence-corrected chi connectivity index (χ0v) is 29.0. The number of nitrogens with one attached hydrogen (secondary N) is 1. The van der Waals surface area contributed by atoms with Gasteiger partial charge >= 0.3 is 0 Å². The fourth-order valence-electron chi connectivity index (χ4n) is 5.29. The average molecular weight is 680 g/mol. The highest BCUT2D eigenvalue weighted by atomic mass is 35.5. The highest BCUT2D eigenvalue weighted by molar-refractivity contribution is 7.93. The summed E-state index contributed by atoms with van der Waals surface area (Å²) >= 11 is 12.9. The van der Waals surface area contributed by atoms with E-state index in [1.54, 1.807) is 37.4 Å². The van der Waals surface area contributed by atoms with Crippen LogP contribution in [0.25, 0.3) is 10.8 Å². The molecule has 0 radical (unpaired) electrons. The largest absolute Gasteiger partial charge is 0.505 e. The number of hydrogen-bond donors (Lipinski definition) is 2. The summed E-state index contributed by atoms with van der Waals surface area (Å²) < 4.78 is 42.4. The molecule has 0 aliphatic carbocycles. The van der Waals surface area contributed by atoms with Crippen LogP contribution >= 0.6 is 23.2 Å². The molecule has 0 fully saturated rings. The molecule has 0 saturated carbocycles. The molecule has 5 rings (SSSR count). The summed E-state index contributed by atoms with van der Waals surface area (Å²) in [4.78, 5) is 0.0637. The van der Waals surface area contributed by atoms with Crippen LogP contribution in [0.3, 0.4) is 0 Å². The van der Waals surface area contributed by atoms with Gasteiger partial charge in [0.1, 0.15) is 0 Å². The van der Waals surface area contributed by atoms with E-state index in [2.05, 4.69) is 5.32 Å². The van der Waals surface area contributed by atoms with Crippen LogP contribution in [0.5, 0.6) is 17.2 Å². The minimum atomic E-state index is -4.31. The Hall–Kier alpha value is -4.11. The first-order valence-electron chi connectivity index (χ1n) is 14.5. The van der Waals surface area contributed by atoms with Crippen LogP contribution < -0.4 is 19.1 Å². The molecule has 0 aliphatic heterocycles. The summed E-state index contributed by atoms with van der Waals surface area (Å²) in [5.74, 6) is 0.544. The third-order valence-corrected chi connectivity index (χ3v) is 10.1. The van der Waals surface area contributed by atoms with E-state index in [1.165, 1.54) is 23.5 Å². The molecular formula is C36H36Cl2N2O5S. The predicted molar refractivity (Wildman–Crippen MR) is 189 cm³/mol. The van der Waals surface area contributed by atoms with E-state index in [-0.39, 0.29) is 26.4 Å². The molecule has 5 aromatic carbocycles. The molecular weight excluding hydrogens is 643 g/mol. The number of benzene rings is 5. The number of anilines is 4. The Balaban J connectivity index is 1.97. The maximum Gasteiger partial charge on any atom is 0.268 e. The lowest BCUT2D eigenvalue weighted by Crippen LogP contribution is -2.29. The zero-order valence-electron chi connectivity index (χ0n) is 26.7. The second kappa shape index (κ2) is 12.6. The van der Waals surface area contributed by atoms with Gasteiger partial charge in [-0.15, -0.1) is 0 Å². The highest BCUT2D eigenvalue weighted by Crippen LogP contribution is 2.50. The number of aryl methyl sites for hydroxylation is 2. The van der Waals surface area contributed by atoms with Crippen molar-refractivity contribution < 1.29 is 23.0 Å². The Bertz CT molecular complexity index is 2020. The minimum absolute atomic E-state index is 0.0637. The van der Waals surface area contributed by atoms with E-state index in [4.69, 9.17) is 32.7 Å². The first kappa shape index (κ1) is 33.3. The Morgan fingerprint density at radius 2 is 1.26 bits per heavy atom. The lowest BCUT2D eigenvalue weighted by molar-refractivity contribution is 0.356. The van der Waals surface area contributed by atoms with Crippen molar-refractivity contribution in [1.82, 2.24) is 0 Å². The number of methoxy groups -OCH3 is 2. The normalized spacial score (nSPS) is 11.8. The maximum absolute atomic E-state index is 14.9. The van der Waals surface area contributed by atoms with Crippen molar-refractivity contribution in [2.24, 2.45) is 0 Å². The highest BCUT2D eigenvalue weighted by Gasteiger charge is 2.35. The van der Waals surface area contributed by atoms with Gasteiger partial charge in [0.2, 0.25) is 0 Å². The van der Waals surface area contributed by atoms with Crippen LogP contribution in [-0.2, 0) is 15.4 Å². The molecule has 0 unspecified atom stereocenters. The maximum atomic E-state index is 14.9. The van der Waals surface area contributed by atoms with E-state index < -0.39 is 15.4 Å². The van der Waals surface area contributed by atoms with Crippen LogP contribution in [-0.4, -0.2) is 27.7 Å². The summed E-state index contributed by atoms with van der Waals surface area (Å²) in [5, 5.41) is 15.0. The first-order valence-corrected chi connectivity index (χ1v) is 16.7. The molecule has 0 amide bonds. The molecule has 0 aliphatic rings. The van der Waals surface area contributed by atoms with Crippen molar-refractivity contribution in [3.63, 3.8) is 0 Å². The number of nitrogens with zero attached hydrogens (tertiary/aromatic N) is 1. The van der Waals surface area contributed by atoms with E-state index in [0.717, 1.165) is 22.5 Å². The van der Waals surface area contributed by atoms with Gasteiger partial charge < -0.3 is 19.9 Å². The molecule has 0 bridgehead atoms. The number of aromatic hydroxyl groups is 1. The standard InChI is InChI=1S/C36H36Cl2N2O5S/c1-21-8-12-23(13-9-21)39-31-20-28(36(3,4)5)34(27-19-33(45-7)32(44-6)18-26(27)31)40(24-16-29(37)35(41)30(38)17-24)46(42,43)25-14-10-22(2)11-15-25/h8-20,39,41H,1-7H3. The van der Waals surface area contributed by atoms with E-state index in [9.17, 15) is 13.5 Å². The van der Waals surface area contributed by atoms with Crippen molar-refractivity contribution >= 4 is 66.7 Å². The minimum Gasteiger partial charge on any atom is -0.505 e. The summed E-state index contributed by atoms with van der Waals surface area (Å²) in [6, 6.07) is 23.0. The smallest absolute Gasteiger partial charge is 0.268 e. The Labute approximate surface area is 280 Å². The quantitative estimate of drug-likeness (QED) is 0.170. The Kier molecular flexibility index (Phi) is 9.10. The summed E-state index contributed by atoms with van der Waals surface area (Å²) in [7, 11) is -1.23. The molecule has 0 spiro atoms. The van der Waals surface area contributed by atoms with Crippen molar-refractivity contribution in [2.45, 2.75) is 44.9 Å². The molecule has 2 N–H and O–H groups in total. The van der Waals surface area contributed by atoms with Crippen LogP contribution in [0.2, 0.25) is 10.0 Å². The number of ether oxygens (including phenoxy) is 2. The topological polar surface area (TPSA) is 88.1 Å². The van der Waals surface area contributed by atoms with Crippen LogP contribution in [0.4, 0.5) is 22.7 Å². The Morgan fingerprint density at radius 1 is 0.761 bits per heavy atom. The monoisotopic (exact) mass is 678 g/mol. The van der Waals surface area contributed by atoms with Crippen LogP contribution in [0, 0.1) is 13.8 Å². The van der Waals surface area contributed by atoms with Gasteiger partial charge in [-0.2, -0.15) is 0 Å². The third kappa shape index (κ3) is 6.30. The van der Waals surface area contributed by atoms with Gasteiger partial charge in [0.05, 0.1) is 40.5 Å². The second-order valence-electron chi connectivity index (χ2n) is 12.2.